The molecule has 0 aliphatic heterocycles. The largest absolute Gasteiger partial charge is 0.478 e. The van der Waals surface area contributed by atoms with Gasteiger partial charge in [-0.15, -0.1) is 0 Å². The van der Waals surface area contributed by atoms with Gasteiger partial charge in [-0.25, -0.2) is 9.59 Å². The van der Waals surface area contributed by atoms with Gasteiger partial charge in [-0.05, 0) is 17.7 Å². The summed E-state index contributed by atoms with van der Waals surface area (Å²) in [5.74, 6) is -1.77. The van der Waals surface area contributed by atoms with Crippen molar-refractivity contribution < 1.29 is 57.2 Å². The second kappa shape index (κ2) is 7.41. The van der Waals surface area contributed by atoms with Crippen LogP contribution in [0.25, 0.3) is 0 Å². The number of benzene rings is 1. The van der Waals surface area contributed by atoms with E-state index in [9.17, 15) is 14.7 Å². The topological polar surface area (TPSA) is 83.8 Å². The van der Waals surface area contributed by atoms with E-state index in [1.54, 1.807) is 0 Å². The summed E-state index contributed by atoms with van der Waals surface area (Å²) in [5.41, 5.74) is 0.352. The number of carbonyl (C=O) groups excluding carboxylic acids is 1. The van der Waals surface area contributed by atoms with Crippen LogP contribution in [0.15, 0.2) is 36.4 Å². The molecule has 1 aromatic carbocycles. The van der Waals surface area contributed by atoms with Gasteiger partial charge in [-0.2, -0.15) is 0 Å². The third-order valence-corrected chi connectivity index (χ3v) is 2.25. The van der Waals surface area contributed by atoms with Crippen molar-refractivity contribution in [3.05, 3.63) is 47.5 Å². The van der Waals surface area contributed by atoms with Crippen LogP contribution in [0.4, 0.5) is 0 Å². The van der Waals surface area contributed by atoms with Gasteiger partial charge in [0.1, 0.15) is 6.10 Å². The van der Waals surface area contributed by atoms with E-state index in [2.05, 4.69) is 11.3 Å². The van der Waals surface area contributed by atoms with Gasteiger partial charge in [0, 0.05) is 32.7 Å². The molecule has 0 saturated heterocycles. The minimum atomic E-state index is -1.29. The summed E-state index contributed by atoms with van der Waals surface area (Å²) in [5, 5.41) is 18.3. The Morgan fingerprint density at radius 1 is 1.28 bits per heavy atom. The van der Waals surface area contributed by atoms with Crippen LogP contribution in [0.2, 0.25) is 0 Å². The van der Waals surface area contributed by atoms with Crippen LogP contribution in [-0.4, -0.2) is 29.3 Å². The van der Waals surface area contributed by atoms with Gasteiger partial charge >= 0.3 is 11.9 Å². The molecule has 0 spiro atoms. The molecule has 0 heterocycles. The molecule has 1 atom stereocenters. The number of aliphatic hydroxyl groups is 1. The molecule has 1 radical (unpaired) electrons. The van der Waals surface area contributed by atoms with Gasteiger partial charge in [-0.1, -0.05) is 18.7 Å². The van der Waals surface area contributed by atoms with E-state index in [4.69, 9.17) is 5.11 Å². The summed E-state index contributed by atoms with van der Waals surface area (Å²) in [4.78, 5) is 21.7. The summed E-state index contributed by atoms with van der Waals surface area (Å²) in [6.45, 7) is 3.26. The third kappa shape index (κ3) is 4.01. The molecule has 1 aromatic rings. The molecule has 5 nitrogen and oxygen atoms in total. The number of ether oxygens (including phenoxy) is 1. The molecule has 6 heteroatoms. The van der Waals surface area contributed by atoms with E-state index in [0.29, 0.717) is 11.1 Å². The minimum Gasteiger partial charge on any atom is -0.478 e. The number of hydrogen-bond acceptors (Lipinski definition) is 4. The van der Waals surface area contributed by atoms with Crippen LogP contribution in [0.5, 0.6) is 0 Å². The third-order valence-electron chi connectivity index (χ3n) is 2.25. The summed E-state index contributed by atoms with van der Waals surface area (Å²) < 4.78 is 4.51. The number of carboxylic acid groups (broad SMARTS) is 1. The van der Waals surface area contributed by atoms with Gasteiger partial charge < -0.3 is 14.9 Å². The number of carboxylic acids is 1. The summed E-state index contributed by atoms with van der Waals surface area (Å²) in [6, 6.07) is 5.79. The van der Waals surface area contributed by atoms with Crippen LogP contribution in [-0.2, 0) is 42.2 Å². The fourth-order valence-corrected chi connectivity index (χ4v) is 1.24. The molecular weight excluding hydrogens is 313 g/mol. The first kappa shape index (κ1) is 17.0. The van der Waals surface area contributed by atoms with E-state index in [1.165, 1.54) is 31.4 Å². The van der Waals surface area contributed by atoms with Gasteiger partial charge in [0.25, 0.3) is 0 Å². The van der Waals surface area contributed by atoms with Crippen molar-refractivity contribution in [2.24, 2.45) is 0 Å². The molecule has 0 amide bonds. The number of carbonyl (C=O) groups is 2. The van der Waals surface area contributed by atoms with E-state index < -0.39 is 18.0 Å². The number of rotatable bonds is 4. The second-order valence-electron chi connectivity index (χ2n) is 3.35. The first-order valence-electron chi connectivity index (χ1n) is 4.75. The van der Waals surface area contributed by atoms with Crippen molar-refractivity contribution in [1.82, 2.24) is 0 Å². The second-order valence-corrected chi connectivity index (χ2v) is 3.35. The Morgan fingerprint density at radius 3 is 2.17 bits per heavy atom. The van der Waals surface area contributed by atoms with Crippen molar-refractivity contribution >= 4 is 11.9 Å². The summed E-state index contributed by atoms with van der Waals surface area (Å²) in [6.07, 6.45) is -1.29. The van der Waals surface area contributed by atoms with Crippen LogP contribution in [0.1, 0.15) is 22.0 Å². The van der Waals surface area contributed by atoms with Crippen molar-refractivity contribution in [2.75, 3.05) is 7.11 Å². The van der Waals surface area contributed by atoms with Crippen molar-refractivity contribution in [3.63, 3.8) is 0 Å². The molecular formula is C12H12O5Y. The maximum atomic E-state index is 11.1. The average molecular weight is 325 g/mol. The number of hydrogen-bond donors (Lipinski definition) is 2. The summed E-state index contributed by atoms with van der Waals surface area (Å²) in [7, 11) is 1.26. The maximum absolute atomic E-state index is 11.1. The molecule has 0 bridgehead atoms. The standard InChI is InChI=1S/C12H12O5.Y/c1-7(11(14)15)10(13)8-3-5-9(6-4-8)12(16)17-2;/h3-6,10,13H,1H2,2H3,(H,14,15);. The van der Waals surface area contributed by atoms with Crippen molar-refractivity contribution in [1.29, 1.82) is 0 Å². The molecule has 0 aliphatic rings. The Bertz CT molecular complexity index is 452. The fourth-order valence-electron chi connectivity index (χ4n) is 1.24. The predicted octanol–water partition coefficient (Wildman–Crippen LogP) is 1.14. The minimum absolute atomic E-state index is 0. The molecule has 2 N–H and O–H groups in total. The zero-order chi connectivity index (χ0) is 13.0. The average Bonchev–Trinajstić information content (AvgIpc) is 2.36. The summed E-state index contributed by atoms with van der Waals surface area (Å²) >= 11 is 0. The number of aliphatic hydroxyl groups excluding tert-OH is 1. The Labute approximate surface area is 129 Å². The van der Waals surface area contributed by atoms with Crippen molar-refractivity contribution in [3.8, 4) is 0 Å². The zero-order valence-electron chi connectivity index (χ0n) is 9.79. The number of aliphatic carboxylic acids is 1. The SMILES string of the molecule is C=C(C(=O)O)C(O)c1ccc(C(=O)OC)cc1.[Y]. The normalized spacial score (nSPS) is 11.0. The van der Waals surface area contributed by atoms with E-state index in [1.807, 2.05) is 0 Å². The Morgan fingerprint density at radius 2 is 1.78 bits per heavy atom. The Hall–Kier alpha value is -1.04. The first-order valence-corrected chi connectivity index (χ1v) is 4.75. The molecule has 0 fully saturated rings. The van der Waals surface area contributed by atoms with Crippen LogP contribution in [0.3, 0.4) is 0 Å². The molecule has 1 unspecified atom stereocenters. The van der Waals surface area contributed by atoms with Gasteiger partial charge in [-0.3, -0.25) is 0 Å². The quantitative estimate of drug-likeness (QED) is 0.641. The van der Waals surface area contributed by atoms with Gasteiger partial charge in [0.05, 0.1) is 18.2 Å². The van der Waals surface area contributed by atoms with Gasteiger partial charge in [0.2, 0.25) is 0 Å². The van der Waals surface area contributed by atoms with E-state index in [0.717, 1.165) is 0 Å². The molecule has 0 aromatic heterocycles. The van der Waals surface area contributed by atoms with Crippen LogP contribution >= 0.6 is 0 Å². The molecule has 1 rings (SSSR count). The number of methoxy groups -OCH3 is 1. The van der Waals surface area contributed by atoms with Gasteiger partial charge in [0.15, 0.2) is 0 Å². The Balaban J connectivity index is 0.00000289. The molecule has 0 saturated carbocycles. The molecule has 0 aliphatic carbocycles. The van der Waals surface area contributed by atoms with Crippen LogP contribution < -0.4 is 0 Å². The monoisotopic (exact) mass is 325 g/mol. The van der Waals surface area contributed by atoms with Crippen LogP contribution in [0, 0.1) is 0 Å². The zero-order valence-corrected chi connectivity index (χ0v) is 12.6. The predicted molar refractivity (Wildman–Crippen MR) is 59.5 cm³/mol. The van der Waals surface area contributed by atoms with Crippen molar-refractivity contribution in [2.45, 2.75) is 6.10 Å². The van der Waals surface area contributed by atoms with E-state index in [-0.39, 0.29) is 38.3 Å². The number of esters is 1. The fraction of sp³-hybridized carbons (Fsp3) is 0.167. The first-order chi connectivity index (χ1) is 7.97. The smallest absolute Gasteiger partial charge is 0.337 e. The molecule has 18 heavy (non-hydrogen) atoms. The molecule has 93 valence electrons. The van der Waals surface area contributed by atoms with E-state index >= 15 is 0 Å². The maximum Gasteiger partial charge on any atom is 0.337 e. The Kier molecular flexibility index (Phi) is 6.98.